The summed E-state index contributed by atoms with van der Waals surface area (Å²) in [7, 11) is 0. The molecule has 0 fully saturated rings. The zero-order valence-electron chi connectivity index (χ0n) is 47.0. The predicted molar refractivity (Wildman–Crippen MR) is 338 cm³/mol. The van der Waals surface area contributed by atoms with Gasteiger partial charge in [-0.1, -0.05) is 105 Å². The molecule has 0 atom stereocenters. The van der Waals surface area contributed by atoms with Crippen LogP contribution in [0.1, 0.15) is 55.9 Å². The summed E-state index contributed by atoms with van der Waals surface area (Å²) in [5.74, 6) is 0. The fourth-order valence-corrected chi connectivity index (χ4v) is 13.4. The summed E-state index contributed by atoms with van der Waals surface area (Å²) in [6, 6.07) is 69.1. The van der Waals surface area contributed by atoms with E-state index in [1.165, 1.54) is 87.6 Å². The van der Waals surface area contributed by atoms with E-state index in [2.05, 4.69) is 269 Å². The summed E-state index contributed by atoms with van der Waals surface area (Å²) in [6.07, 6.45) is 0. The van der Waals surface area contributed by atoms with Crippen LogP contribution in [0, 0.1) is 69.2 Å². The minimum Gasteiger partial charge on any atom is -0.306 e. The van der Waals surface area contributed by atoms with E-state index in [0.717, 1.165) is 101 Å². The molecule has 0 saturated carbocycles. The number of hydrogen-bond acceptors (Lipinski definition) is 2. The van der Waals surface area contributed by atoms with Gasteiger partial charge in [0.25, 0.3) is 0 Å². The third kappa shape index (κ3) is 7.04. The molecule has 6 aromatic heterocycles. The number of aromatic nitrogens is 6. The molecule has 0 unspecified atom stereocenters. The molecule has 386 valence electrons. The highest BCUT2D eigenvalue weighted by molar-refractivity contribution is 6.18. The van der Waals surface area contributed by atoms with Gasteiger partial charge in [-0.15, -0.1) is 0 Å². The smallest absolute Gasteiger partial charge is 0.0827 e. The third-order valence-electron chi connectivity index (χ3n) is 16.9. The second kappa shape index (κ2) is 17.5. The molecule has 15 aromatic rings. The van der Waals surface area contributed by atoms with E-state index < -0.39 is 0 Å². The number of rotatable bonds is 6. The first-order chi connectivity index (χ1) is 38.8. The van der Waals surface area contributed by atoms with Crippen molar-refractivity contribution in [2.75, 3.05) is 0 Å². The minimum absolute atomic E-state index is 0.865. The number of benzene rings is 9. The first-order valence-electron chi connectivity index (χ1n) is 28.0. The maximum atomic E-state index is 5.76. The highest BCUT2D eigenvalue weighted by Crippen LogP contribution is 2.54. The molecule has 6 heterocycles. The van der Waals surface area contributed by atoms with E-state index in [4.69, 9.17) is 9.97 Å². The van der Waals surface area contributed by atoms with Gasteiger partial charge in [0.05, 0.1) is 89.4 Å². The standard InChI is InChI=1S/C74H60N6/c1-41-17-25-61-51(33-41)52-34-42(2)18-26-62(52)77(61)71-69(59-15-11-13-49(9)75-59)73(79-65-29-21-45(5)37-55(65)56-38-46(6)22-30-66(56)79)74(80-67-31-23-47(7)39-57(67)58-40-48(8)24-32-68(58)80)70(60-16-12-14-50(10)76-60)72(71)78-63-27-19-43(3)35-53(63)54-36-44(4)20-28-64(54)78/h11-40H,1-10H3. The molecule has 0 aliphatic heterocycles. The molecule has 0 bridgehead atoms. The number of nitrogens with zero attached hydrogens (tertiary/aromatic N) is 6. The summed E-state index contributed by atoms with van der Waals surface area (Å²) in [6.45, 7) is 21.9. The number of aryl methyl sites for hydroxylation is 10. The van der Waals surface area contributed by atoms with Gasteiger partial charge in [0, 0.05) is 54.5 Å². The van der Waals surface area contributed by atoms with Crippen molar-refractivity contribution in [2.24, 2.45) is 0 Å². The minimum atomic E-state index is 0.865. The fraction of sp³-hybridized carbons (Fsp3) is 0.135. The molecule has 6 heteroatoms. The molecule has 6 nitrogen and oxygen atoms in total. The van der Waals surface area contributed by atoms with Crippen LogP contribution in [0.4, 0.5) is 0 Å². The van der Waals surface area contributed by atoms with Gasteiger partial charge < -0.3 is 18.3 Å². The number of fused-ring (bicyclic) bond motifs is 12. The van der Waals surface area contributed by atoms with E-state index in [0.29, 0.717) is 0 Å². The van der Waals surface area contributed by atoms with Crippen molar-refractivity contribution < 1.29 is 0 Å². The predicted octanol–water partition coefficient (Wildman–Crippen LogP) is 19.3. The Morgan fingerprint density at radius 1 is 0.225 bits per heavy atom. The van der Waals surface area contributed by atoms with Crippen LogP contribution in [-0.4, -0.2) is 28.2 Å². The first kappa shape index (κ1) is 47.7. The van der Waals surface area contributed by atoms with Crippen molar-refractivity contribution in [2.45, 2.75) is 69.2 Å². The Balaban J connectivity index is 1.36. The van der Waals surface area contributed by atoms with Crippen molar-refractivity contribution >= 4 is 87.2 Å². The summed E-state index contributed by atoms with van der Waals surface area (Å²) in [5.41, 5.74) is 28.2. The average Bonchev–Trinajstić information content (AvgIpc) is 4.31. The lowest BCUT2D eigenvalue weighted by Gasteiger charge is -2.31. The van der Waals surface area contributed by atoms with Crippen LogP contribution in [0.3, 0.4) is 0 Å². The highest BCUT2D eigenvalue weighted by atomic mass is 15.1. The summed E-state index contributed by atoms with van der Waals surface area (Å²) in [4.78, 5) is 11.5. The van der Waals surface area contributed by atoms with E-state index in [1.807, 2.05) is 0 Å². The summed E-state index contributed by atoms with van der Waals surface area (Å²) >= 11 is 0. The van der Waals surface area contributed by atoms with E-state index in [-0.39, 0.29) is 0 Å². The second-order valence-electron chi connectivity index (χ2n) is 23.0. The largest absolute Gasteiger partial charge is 0.306 e. The molecule has 9 aromatic carbocycles. The first-order valence-corrected chi connectivity index (χ1v) is 28.0. The van der Waals surface area contributed by atoms with Crippen LogP contribution >= 0.6 is 0 Å². The molecular formula is C74H60N6. The zero-order chi connectivity index (χ0) is 54.6. The highest BCUT2D eigenvalue weighted by Gasteiger charge is 2.36. The van der Waals surface area contributed by atoms with Gasteiger partial charge in [0.1, 0.15) is 0 Å². The maximum absolute atomic E-state index is 5.76. The lowest BCUT2D eigenvalue weighted by Crippen LogP contribution is -2.16. The second-order valence-corrected chi connectivity index (χ2v) is 23.0. The molecule has 15 rings (SSSR count). The fourth-order valence-electron chi connectivity index (χ4n) is 13.4. The van der Waals surface area contributed by atoms with Crippen LogP contribution in [0.2, 0.25) is 0 Å². The van der Waals surface area contributed by atoms with E-state index in [9.17, 15) is 0 Å². The van der Waals surface area contributed by atoms with Gasteiger partial charge in [-0.3, -0.25) is 9.97 Å². The van der Waals surface area contributed by atoms with Gasteiger partial charge in [-0.25, -0.2) is 0 Å². The Hall–Kier alpha value is -9.52. The quantitative estimate of drug-likeness (QED) is 0.167. The van der Waals surface area contributed by atoms with Crippen molar-refractivity contribution in [1.29, 1.82) is 0 Å². The molecule has 80 heavy (non-hydrogen) atoms. The number of pyridine rings is 2. The summed E-state index contributed by atoms with van der Waals surface area (Å²) in [5, 5.41) is 9.58. The molecule has 0 N–H and O–H groups in total. The van der Waals surface area contributed by atoms with Crippen molar-refractivity contribution in [3.8, 4) is 45.3 Å². The molecule has 0 amide bonds. The molecular weight excluding hydrogens is 973 g/mol. The Morgan fingerprint density at radius 3 is 0.588 bits per heavy atom. The summed E-state index contributed by atoms with van der Waals surface area (Å²) < 4.78 is 10.4. The number of hydrogen-bond donors (Lipinski definition) is 0. The van der Waals surface area contributed by atoms with Crippen LogP contribution < -0.4 is 0 Å². The van der Waals surface area contributed by atoms with Crippen LogP contribution in [0.15, 0.2) is 182 Å². The van der Waals surface area contributed by atoms with Crippen molar-refractivity contribution in [1.82, 2.24) is 28.2 Å². The van der Waals surface area contributed by atoms with E-state index in [1.54, 1.807) is 0 Å². The lowest BCUT2D eigenvalue weighted by molar-refractivity contribution is 1.04. The normalized spacial score (nSPS) is 12.1. The molecule has 0 aliphatic rings. The van der Waals surface area contributed by atoms with Crippen molar-refractivity contribution in [3.63, 3.8) is 0 Å². The monoisotopic (exact) mass is 1030 g/mol. The van der Waals surface area contributed by atoms with Gasteiger partial charge in [0.2, 0.25) is 0 Å². The lowest BCUT2D eigenvalue weighted by atomic mass is 9.93. The Labute approximate surface area is 465 Å². The molecule has 0 aliphatic carbocycles. The van der Waals surface area contributed by atoms with Gasteiger partial charge in [-0.2, -0.15) is 0 Å². The molecule has 0 saturated heterocycles. The molecule has 0 radical (unpaired) electrons. The van der Waals surface area contributed by atoms with Gasteiger partial charge >= 0.3 is 0 Å². The Bertz CT molecular complexity index is 4350. The topological polar surface area (TPSA) is 45.5 Å². The molecule has 0 spiro atoms. The third-order valence-corrected chi connectivity index (χ3v) is 16.9. The zero-order valence-corrected chi connectivity index (χ0v) is 47.0. The van der Waals surface area contributed by atoms with Gasteiger partial charge in [0.15, 0.2) is 0 Å². The van der Waals surface area contributed by atoms with Crippen LogP contribution in [0.5, 0.6) is 0 Å². The van der Waals surface area contributed by atoms with Crippen molar-refractivity contribution in [3.05, 3.63) is 238 Å². The van der Waals surface area contributed by atoms with E-state index >= 15 is 0 Å². The SMILES string of the molecule is Cc1ccc2c(c1)c1cc(C)ccc1n2-c1c(-c2cccc(C)n2)c(-n2c3ccc(C)cc3c3cc(C)ccc32)c(-n2c3ccc(C)cc3c3cc(C)ccc32)c(-c2cccc(C)n2)c1-n1c2ccc(C)cc2c2cc(C)ccc21. The maximum Gasteiger partial charge on any atom is 0.0827 e. The Kier molecular flexibility index (Phi) is 10.4. The van der Waals surface area contributed by atoms with Crippen LogP contribution in [-0.2, 0) is 0 Å². The van der Waals surface area contributed by atoms with Gasteiger partial charge in [-0.05, 0) is 191 Å². The Morgan fingerprint density at radius 2 is 0.412 bits per heavy atom. The average molecular weight is 1030 g/mol. The van der Waals surface area contributed by atoms with Crippen LogP contribution in [0.25, 0.3) is 132 Å².